The first-order chi connectivity index (χ1) is 9.70. The molecular weight excluding hydrogens is 248 g/mol. The molecule has 3 nitrogen and oxygen atoms in total. The van der Waals surface area contributed by atoms with Gasteiger partial charge in [0.25, 0.3) is 0 Å². The Balaban J connectivity index is 2.03. The van der Waals surface area contributed by atoms with Crippen LogP contribution in [0, 0.1) is 5.92 Å². The molecule has 0 aromatic heterocycles. The van der Waals surface area contributed by atoms with Crippen molar-refractivity contribution in [1.29, 1.82) is 0 Å². The quantitative estimate of drug-likeness (QED) is 0.813. The van der Waals surface area contributed by atoms with Gasteiger partial charge in [0.05, 0.1) is 6.10 Å². The summed E-state index contributed by atoms with van der Waals surface area (Å²) in [5.74, 6) is 0.818. The van der Waals surface area contributed by atoms with Gasteiger partial charge in [-0.2, -0.15) is 0 Å². The SMILES string of the molecule is CCCN(CC1CCCCO1)C1(CN)CCCC(C)C1. The molecule has 2 fully saturated rings. The minimum Gasteiger partial charge on any atom is -0.377 e. The summed E-state index contributed by atoms with van der Waals surface area (Å²) in [4.78, 5) is 2.69. The van der Waals surface area contributed by atoms with Gasteiger partial charge < -0.3 is 10.5 Å². The lowest BCUT2D eigenvalue weighted by Gasteiger charge is -2.49. The van der Waals surface area contributed by atoms with Crippen molar-refractivity contribution in [3.8, 4) is 0 Å². The Labute approximate surface area is 125 Å². The highest BCUT2D eigenvalue weighted by Gasteiger charge is 2.39. The summed E-state index contributed by atoms with van der Waals surface area (Å²) in [6, 6.07) is 0. The molecule has 1 saturated heterocycles. The molecule has 2 N–H and O–H groups in total. The average molecular weight is 282 g/mol. The minimum absolute atomic E-state index is 0.245. The van der Waals surface area contributed by atoms with Gasteiger partial charge in [-0.15, -0.1) is 0 Å². The molecule has 1 aliphatic carbocycles. The van der Waals surface area contributed by atoms with Gasteiger partial charge in [0, 0.05) is 25.2 Å². The van der Waals surface area contributed by atoms with Gasteiger partial charge in [-0.3, -0.25) is 4.90 Å². The molecule has 1 heterocycles. The van der Waals surface area contributed by atoms with Crippen LogP contribution in [0.4, 0.5) is 0 Å². The van der Waals surface area contributed by atoms with Crippen LogP contribution in [-0.4, -0.2) is 42.8 Å². The summed E-state index contributed by atoms with van der Waals surface area (Å²) < 4.78 is 5.98. The van der Waals surface area contributed by atoms with Crippen LogP contribution in [0.2, 0.25) is 0 Å². The zero-order valence-corrected chi connectivity index (χ0v) is 13.6. The minimum atomic E-state index is 0.245. The van der Waals surface area contributed by atoms with Crippen molar-refractivity contribution in [2.24, 2.45) is 11.7 Å². The fourth-order valence-corrected chi connectivity index (χ4v) is 4.22. The standard InChI is InChI=1S/C17H34N2O/c1-3-10-19(13-16-8-4-5-11-20-16)17(14-18)9-6-7-15(2)12-17/h15-16H,3-14,18H2,1-2H3. The predicted octanol–water partition coefficient (Wildman–Crippen LogP) is 3.18. The highest BCUT2D eigenvalue weighted by molar-refractivity contribution is 4.96. The van der Waals surface area contributed by atoms with E-state index in [0.717, 1.165) is 25.6 Å². The van der Waals surface area contributed by atoms with Crippen molar-refractivity contribution in [3.63, 3.8) is 0 Å². The summed E-state index contributed by atoms with van der Waals surface area (Å²) in [5.41, 5.74) is 6.50. The normalized spacial score (nSPS) is 35.4. The average Bonchev–Trinajstić information content (AvgIpc) is 2.48. The molecule has 2 aliphatic rings. The lowest BCUT2D eigenvalue weighted by molar-refractivity contribution is -0.0439. The Morgan fingerprint density at radius 2 is 2.10 bits per heavy atom. The van der Waals surface area contributed by atoms with Crippen molar-refractivity contribution < 1.29 is 4.74 Å². The van der Waals surface area contributed by atoms with Crippen LogP contribution in [0.3, 0.4) is 0 Å². The van der Waals surface area contributed by atoms with E-state index in [9.17, 15) is 0 Å². The van der Waals surface area contributed by atoms with Crippen LogP contribution in [-0.2, 0) is 4.74 Å². The third-order valence-electron chi connectivity index (χ3n) is 5.31. The van der Waals surface area contributed by atoms with Crippen molar-refractivity contribution in [3.05, 3.63) is 0 Å². The molecule has 3 unspecified atom stereocenters. The fraction of sp³-hybridized carbons (Fsp3) is 1.00. The van der Waals surface area contributed by atoms with Gasteiger partial charge >= 0.3 is 0 Å². The van der Waals surface area contributed by atoms with Crippen molar-refractivity contribution in [2.45, 2.75) is 76.9 Å². The molecule has 0 aromatic rings. The lowest BCUT2D eigenvalue weighted by Crippen LogP contribution is -2.58. The maximum Gasteiger partial charge on any atom is 0.0702 e. The highest BCUT2D eigenvalue weighted by atomic mass is 16.5. The van der Waals surface area contributed by atoms with Gasteiger partial charge in [-0.1, -0.05) is 26.7 Å². The number of hydrogen-bond donors (Lipinski definition) is 1. The smallest absolute Gasteiger partial charge is 0.0702 e. The van der Waals surface area contributed by atoms with Crippen LogP contribution in [0.5, 0.6) is 0 Å². The van der Waals surface area contributed by atoms with E-state index in [0.29, 0.717) is 6.10 Å². The fourth-order valence-electron chi connectivity index (χ4n) is 4.22. The van der Waals surface area contributed by atoms with Gasteiger partial charge in [-0.25, -0.2) is 0 Å². The molecule has 0 bridgehead atoms. The van der Waals surface area contributed by atoms with Crippen molar-refractivity contribution in [2.75, 3.05) is 26.2 Å². The molecule has 2 rings (SSSR count). The zero-order chi connectivity index (χ0) is 14.4. The summed E-state index contributed by atoms with van der Waals surface area (Å²) in [6.45, 7) is 8.71. The monoisotopic (exact) mass is 282 g/mol. The first kappa shape index (κ1) is 16.3. The maximum absolute atomic E-state index is 6.25. The predicted molar refractivity (Wildman–Crippen MR) is 84.9 cm³/mol. The van der Waals surface area contributed by atoms with E-state index >= 15 is 0 Å². The van der Waals surface area contributed by atoms with E-state index in [4.69, 9.17) is 10.5 Å². The molecule has 0 spiro atoms. The molecule has 0 aromatic carbocycles. The molecule has 3 atom stereocenters. The Hall–Kier alpha value is -0.120. The van der Waals surface area contributed by atoms with Gasteiger partial charge in [0.1, 0.15) is 0 Å². The van der Waals surface area contributed by atoms with Gasteiger partial charge in [0.15, 0.2) is 0 Å². The molecule has 1 aliphatic heterocycles. The highest BCUT2D eigenvalue weighted by Crippen LogP contribution is 2.37. The van der Waals surface area contributed by atoms with Crippen LogP contribution < -0.4 is 5.73 Å². The molecule has 1 saturated carbocycles. The first-order valence-electron chi connectivity index (χ1n) is 8.77. The first-order valence-corrected chi connectivity index (χ1v) is 8.77. The Bertz CT molecular complexity index is 278. The third-order valence-corrected chi connectivity index (χ3v) is 5.31. The largest absolute Gasteiger partial charge is 0.377 e. The summed E-state index contributed by atoms with van der Waals surface area (Å²) in [7, 11) is 0. The number of nitrogens with zero attached hydrogens (tertiary/aromatic N) is 1. The van der Waals surface area contributed by atoms with E-state index in [1.54, 1.807) is 0 Å². The summed E-state index contributed by atoms with van der Waals surface area (Å²) >= 11 is 0. The molecular formula is C17H34N2O. The number of rotatable bonds is 6. The van der Waals surface area contributed by atoms with Crippen LogP contribution in [0.1, 0.15) is 65.2 Å². The Morgan fingerprint density at radius 3 is 2.70 bits per heavy atom. The topological polar surface area (TPSA) is 38.5 Å². The lowest BCUT2D eigenvalue weighted by atomic mass is 9.75. The molecule has 118 valence electrons. The number of ether oxygens (including phenoxy) is 1. The summed E-state index contributed by atoms with van der Waals surface area (Å²) in [6.07, 6.45) is 10.7. The van der Waals surface area contributed by atoms with E-state index in [1.165, 1.54) is 57.9 Å². The van der Waals surface area contributed by atoms with E-state index in [2.05, 4.69) is 18.7 Å². The second-order valence-electron chi connectivity index (χ2n) is 7.06. The second kappa shape index (κ2) is 7.77. The maximum atomic E-state index is 6.25. The third kappa shape index (κ3) is 3.96. The molecule has 20 heavy (non-hydrogen) atoms. The van der Waals surface area contributed by atoms with Gasteiger partial charge in [-0.05, 0) is 51.0 Å². The number of hydrogen-bond acceptors (Lipinski definition) is 3. The number of nitrogens with two attached hydrogens (primary N) is 1. The molecule has 0 radical (unpaired) electrons. The van der Waals surface area contributed by atoms with Crippen LogP contribution in [0.15, 0.2) is 0 Å². The van der Waals surface area contributed by atoms with E-state index in [-0.39, 0.29) is 5.54 Å². The van der Waals surface area contributed by atoms with Crippen LogP contribution >= 0.6 is 0 Å². The van der Waals surface area contributed by atoms with Crippen molar-refractivity contribution >= 4 is 0 Å². The van der Waals surface area contributed by atoms with Crippen LogP contribution in [0.25, 0.3) is 0 Å². The van der Waals surface area contributed by atoms with E-state index < -0.39 is 0 Å². The van der Waals surface area contributed by atoms with Gasteiger partial charge in [0.2, 0.25) is 0 Å². The van der Waals surface area contributed by atoms with E-state index in [1.807, 2.05) is 0 Å². The molecule has 3 heteroatoms. The second-order valence-corrected chi connectivity index (χ2v) is 7.06. The van der Waals surface area contributed by atoms with Crippen molar-refractivity contribution in [1.82, 2.24) is 4.90 Å². The zero-order valence-electron chi connectivity index (χ0n) is 13.6. The Kier molecular flexibility index (Phi) is 6.31. The summed E-state index contributed by atoms with van der Waals surface area (Å²) in [5, 5.41) is 0. The molecule has 0 amide bonds. The Morgan fingerprint density at radius 1 is 1.25 bits per heavy atom.